The van der Waals surface area contributed by atoms with Crippen LogP contribution in [0.1, 0.15) is 11.3 Å². The van der Waals surface area contributed by atoms with Gasteiger partial charge in [-0.1, -0.05) is 24.3 Å². The number of nitrogens with zero attached hydrogens (tertiary/aromatic N) is 2. The number of aromatic nitrogens is 2. The number of methoxy groups -OCH3 is 1. The van der Waals surface area contributed by atoms with Crippen LogP contribution in [0, 0.1) is 6.92 Å². The van der Waals surface area contributed by atoms with Gasteiger partial charge in [0.1, 0.15) is 11.6 Å². The third kappa shape index (κ3) is 2.94. The molecule has 3 rings (SSSR count). The second-order valence-electron chi connectivity index (χ2n) is 4.85. The standard InChI is InChI=1S/C17H17N3O/c1-12-17(20-16-6-4-3-5-15(16)19-12)18-11-13-7-9-14(21-2)10-8-13/h3-10H,11H2,1-2H3,(H,18,20). The molecule has 0 unspecified atom stereocenters. The maximum Gasteiger partial charge on any atom is 0.148 e. The predicted molar refractivity (Wildman–Crippen MR) is 84.6 cm³/mol. The fourth-order valence-corrected chi connectivity index (χ4v) is 2.18. The molecule has 3 aromatic rings. The number of ether oxygens (including phenoxy) is 1. The first-order valence-electron chi connectivity index (χ1n) is 6.86. The van der Waals surface area contributed by atoms with Gasteiger partial charge in [0, 0.05) is 6.54 Å². The number of hydrogen-bond donors (Lipinski definition) is 1. The molecule has 21 heavy (non-hydrogen) atoms. The first kappa shape index (κ1) is 13.4. The molecule has 0 aliphatic heterocycles. The van der Waals surface area contributed by atoms with Gasteiger partial charge in [0.25, 0.3) is 0 Å². The summed E-state index contributed by atoms with van der Waals surface area (Å²) in [4.78, 5) is 9.20. The zero-order valence-electron chi connectivity index (χ0n) is 12.1. The fraction of sp³-hybridized carbons (Fsp3) is 0.176. The molecule has 4 heteroatoms. The minimum absolute atomic E-state index is 0.706. The van der Waals surface area contributed by atoms with Crippen LogP contribution in [-0.4, -0.2) is 17.1 Å². The van der Waals surface area contributed by atoms with E-state index in [9.17, 15) is 0 Å². The van der Waals surface area contributed by atoms with E-state index >= 15 is 0 Å². The molecule has 0 aliphatic carbocycles. The van der Waals surface area contributed by atoms with E-state index in [4.69, 9.17) is 4.74 Å². The summed E-state index contributed by atoms with van der Waals surface area (Å²) in [6.07, 6.45) is 0. The molecule has 0 amide bonds. The van der Waals surface area contributed by atoms with E-state index in [1.807, 2.05) is 55.5 Å². The number of aryl methyl sites for hydroxylation is 1. The number of nitrogens with one attached hydrogen (secondary N) is 1. The average molecular weight is 279 g/mol. The topological polar surface area (TPSA) is 47.0 Å². The van der Waals surface area contributed by atoms with Crippen LogP contribution >= 0.6 is 0 Å². The quantitative estimate of drug-likeness (QED) is 0.793. The van der Waals surface area contributed by atoms with Crippen molar-refractivity contribution in [2.24, 2.45) is 0 Å². The molecule has 1 heterocycles. The van der Waals surface area contributed by atoms with Gasteiger partial charge in [-0.25, -0.2) is 9.97 Å². The van der Waals surface area contributed by atoms with Crippen LogP contribution in [0.15, 0.2) is 48.5 Å². The van der Waals surface area contributed by atoms with Crippen molar-refractivity contribution in [3.8, 4) is 5.75 Å². The van der Waals surface area contributed by atoms with Crippen LogP contribution < -0.4 is 10.1 Å². The molecule has 0 fully saturated rings. The van der Waals surface area contributed by atoms with Crippen LogP contribution in [0.4, 0.5) is 5.82 Å². The summed E-state index contributed by atoms with van der Waals surface area (Å²) in [7, 11) is 1.67. The molecule has 4 nitrogen and oxygen atoms in total. The van der Waals surface area contributed by atoms with Crippen molar-refractivity contribution in [3.05, 3.63) is 59.8 Å². The highest BCUT2D eigenvalue weighted by Crippen LogP contribution is 2.17. The second kappa shape index (κ2) is 5.79. The molecule has 0 radical (unpaired) electrons. The number of hydrogen-bond acceptors (Lipinski definition) is 4. The average Bonchev–Trinajstić information content (AvgIpc) is 2.53. The highest BCUT2D eigenvalue weighted by molar-refractivity contribution is 5.76. The lowest BCUT2D eigenvalue weighted by Gasteiger charge is -2.10. The van der Waals surface area contributed by atoms with E-state index in [0.717, 1.165) is 28.3 Å². The Hall–Kier alpha value is -2.62. The Morgan fingerprint density at radius 2 is 1.62 bits per heavy atom. The van der Waals surface area contributed by atoms with Gasteiger partial charge in [-0.3, -0.25) is 0 Å². The van der Waals surface area contributed by atoms with Gasteiger partial charge in [0.05, 0.1) is 23.8 Å². The molecule has 106 valence electrons. The van der Waals surface area contributed by atoms with E-state index < -0.39 is 0 Å². The Balaban J connectivity index is 1.79. The van der Waals surface area contributed by atoms with E-state index in [1.54, 1.807) is 7.11 Å². The van der Waals surface area contributed by atoms with Crippen LogP contribution in [0.5, 0.6) is 5.75 Å². The largest absolute Gasteiger partial charge is 0.497 e. The lowest BCUT2D eigenvalue weighted by Crippen LogP contribution is -2.04. The fourth-order valence-electron chi connectivity index (χ4n) is 2.18. The van der Waals surface area contributed by atoms with Crippen LogP contribution in [0.3, 0.4) is 0 Å². The van der Waals surface area contributed by atoms with Crippen molar-refractivity contribution in [1.82, 2.24) is 9.97 Å². The van der Waals surface area contributed by atoms with Crippen molar-refractivity contribution in [2.45, 2.75) is 13.5 Å². The highest BCUT2D eigenvalue weighted by atomic mass is 16.5. The van der Waals surface area contributed by atoms with Crippen LogP contribution in [0.25, 0.3) is 11.0 Å². The molecular weight excluding hydrogens is 262 g/mol. The molecule has 0 spiro atoms. The van der Waals surface area contributed by atoms with Gasteiger partial charge in [0.15, 0.2) is 0 Å². The molecule has 0 aliphatic rings. The van der Waals surface area contributed by atoms with E-state index in [1.165, 1.54) is 5.56 Å². The first-order chi connectivity index (χ1) is 10.3. The normalized spacial score (nSPS) is 10.6. The third-order valence-corrected chi connectivity index (χ3v) is 3.36. The third-order valence-electron chi connectivity index (χ3n) is 3.36. The van der Waals surface area contributed by atoms with E-state index in [0.29, 0.717) is 6.54 Å². The number of fused-ring (bicyclic) bond motifs is 1. The van der Waals surface area contributed by atoms with Gasteiger partial charge in [-0.15, -0.1) is 0 Å². The number of para-hydroxylation sites is 2. The zero-order chi connectivity index (χ0) is 14.7. The Kier molecular flexibility index (Phi) is 3.69. The van der Waals surface area contributed by atoms with Gasteiger partial charge in [-0.05, 0) is 36.8 Å². The van der Waals surface area contributed by atoms with Crippen molar-refractivity contribution < 1.29 is 4.74 Å². The second-order valence-corrected chi connectivity index (χ2v) is 4.85. The Bertz CT molecular complexity index is 754. The summed E-state index contributed by atoms with van der Waals surface area (Å²) in [5, 5.41) is 3.34. The molecular formula is C17H17N3O. The molecule has 1 N–H and O–H groups in total. The molecule has 0 saturated carbocycles. The highest BCUT2D eigenvalue weighted by Gasteiger charge is 2.04. The van der Waals surface area contributed by atoms with Crippen molar-refractivity contribution in [3.63, 3.8) is 0 Å². The van der Waals surface area contributed by atoms with E-state index in [2.05, 4.69) is 15.3 Å². The first-order valence-corrected chi connectivity index (χ1v) is 6.86. The molecule has 0 atom stereocenters. The smallest absolute Gasteiger partial charge is 0.148 e. The summed E-state index contributed by atoms with van der Waals surface area (Å²) in [6, 6.07) is 15.9. The minimum Gasteiger partial charge on any atom is -0.497 e. The van der Waals surface area contributed by atoms with Gasteiger partial charge in [-0.2, -0.15) is 0 Å². The summed E-state index contributed by atoms with van der Waals surface area (Å²) in [6.45, 7) is 2.67. The number of anilines is 1. The lowest BCUT2D eigenvalue weighted by atomic mass is 10.2. The number of rotatable bonds is 4. The summed E-state index contributed by atoms with van der Waals surface area (Å²) in [5.74, 6) is 1.69. The number of benzene rings is 2. The lowest BCUT2D eigenvalue weighted by molar-refractivity contribution is 0.414. The van der Waals surface area contributed by atoms with Crippen LogP contribution in [0.2, 0.25) is 0 Å². The van der Waals surface area contributed by atoms with Crippen molar-refractivity contribution in [1.29, 1.82) is 0 Å². The summed E-state index contributed by atoms with van der Waals surface area (Å²) in [5.41, 5.74) is 3.90. The van der Waals surface area contributed by atoms with Crippen molar-refractivity contribution in [2.75, 3.05) is 12.4 Å². The Labute approximate surface area is 123 Å². The zero-order valence-corrected chi connectivity index (χ0v) is 12.1. The van der Waals surface area contributed by atoms with Gasteiger partial charge in [0.2, 0.25) is 0 Å². The maximum atomic E-state index is 5.16. The van der Waals surface area contributed by atoms with Gasteiger partial charge >= 0.3 is 0 Å². The molecule has 0 bridgehead atoms. The Morgan fingerprint density at radius 1 is 0.952 bits per heavy atom. The maximum absolute atomic E-state index is 5.16. The monoisotopic (exact) mass is 279 g/mol. The summed E-state index contributed by atoms with van der Waals surface area (Å²) < 4.78 is 5.16. The Morgan fingerprint density at radius 3 is 2.29 bits per heavy atom. The summed E-state index contributed by atoms with van der Waals surface area (Å²) >= 11 is 0. The SMILES string of the molecule is COc1ccc(CNc2nc3ccccc3nc2C)cc1. The molecule has 1 aromatic heterocycles. The molecule has 2 aromatic carbocycles. The predicted octanol–water partition coefficient (Wildman–Crippen LogP) is 3.56. The van der Waals surface area contributed by atoms with Crippen LogP contribution in [-0.2, 0) is 6.54 Å². The van der Waals surface area contributed by atoms with E-state index in [-0.39, 0.29) is 0 Å². The molecule has 0 saturated heterocycles. The minimum atomic E-state index is 0.706. The van der Waals surface area contributed by atoms with Gasteiger partial charge < -0.3 is 10.1 Å². The van der Waals surface area contributed by atoms with Crippen molar-refractivity contribution >= 4 is 16.9 Å².